The lowest BCUT2D eigenvalue weighted by molar-refractivity contribution is -0.384. The molecule has 1 aliphatic heterocycles. The highest BCUT2D eigenvalue weighted by molar-refractivity contribution is 5.90. The molecule has 1 heterocycles. The van der Waals surface area contributed by atoms with Crippen LogP contribution in [0.15, 0.2) is 54.6 Å². The van der Waals surface area contributed by atoms with Gasteiger partial charge in [0.1, 0.15) is 11.8 Å². The average molecular weight is 498 g/mol. The number of ketones is 1. The number of esters is 1. The topological polar surface area (TPSA) is 166 Å². The van der Waals surface area contributed by atoms with Crippen molar-refractivity contribution in [1.29, 1.82) is 0 Å². The lowest BCUT2D eigenvalue weighted by Crippen LogP contribution is -2.45. The molecule has 12 heteroatoms. The summed E-state index contributed by atoms with van der Waals surface area (Å²) < 4.78 is 9.88. The van der Waals surface area contributed by atoms with E-state index >= 15 is 0 Å². The number of nitro groups is 1. The zero-order valence-corrected chi connectivity index (χ0v) is 19.3. The molecule has 190 valence electrons. The van der Waals surface area contributed by atoms with Crippen LogP contribution in [0.1, 0.15) is 24.8 Å². The van der Waals surface area contributed by atoms with Gasteiger partial charge in [0.15, 0.2) is 5.78 Å². The Morgan fingerprint density at radius 1 is 1.06 bits per heavy atom. The van der Waals surface area contributed by atoms with Gasteiger partial charge in [-0.2, -0.15) is 0 Å². The predicted molar refractivity (Wildman–Crippen MR) is 126 cm³/mol. The molecule has 1 aliphatic rings. The summed E-state index contributed by atoms with van der Waals surface area (Å²) in [6, 6.07) is 12.4. The number of carbonyl (C=O) groups is 4. The van der Waals surface area contributed by atoms with Crippen molar-refractivity contribution in [3.05, 3.63) is 70.3 Å². The van der Waals surface area contributed by atoms with Crippen LogP contribution in [0, 0.1) is 10.1 Å². The summed E-state index contributed by atoms with van der Waals surface area (Å²) in [5.41, 5.74) is 0.626. The predicted octanol–water partition coefficient (Wildman–Crippen LogP) is 2.26. The molecule has 2 amide bonds. The Kier molecular flexibility index (Phi) is 9.46. The van der Waals surface area contributed by atoms with Crippen LogP contribution in [0.25, 0.3) is 0 Å². The smallest absolute Gasteiger partial charge is 0.410 e. The number of rotatable bonds is 10. The molecule has 0 radical (unpaired) electrons. The Balaban J connectivity index is 1.53. The first-order chi connectivity index (χ1) is 17.3. The molecule has 12 nitrogen and oxygen atoms in total. The van der Waals surface area contributed by atoms with Gasteiger partial charge in [0.05, 0.1) is 11.0 Å². The zero-order chi connectivity index (χ0) is 25.9. The molecule has 2 aromatic rings. The minimum atomic E-state index is -0.972. The van der Waals surface area contributed by atoms with E-state index < -0.39 is 35.2 Å². The van der Waals surface area contributed by atoms with E-state index in [-0.39, 0.29) is 36.6 Å². The van der Waals surface area contributed by atoms with E-state index in [9.17, 15) is 29.3 Å². The number of nitrogens with one attached hydrogen (secondary N) is 3. The standard InChI is InChI=1S/C24H26N4O8/c29-21(12-14-26-23(31)36-22(30)19-7-4-13-25-19)20(15-16-5-2-1-3-6-16)27-24(32)35-18-10-8-17(9-11-18)28(33)34/h1-3,5-6,8-11,19-20,25H,4,7,12-15H2,(H,26,31)(H,27,32)/t19-,20?/m0/s1. The van der Waals surface area contributed by atoms with Gasteiger partial charge in [0.2, 0.25) is 0 Å². The van der Waals surface area contributed by atoms with Gasteiger partial charge in [0, 0.05) is 25.1 Å². The number of non-ortho nitro benzene ring substituents is 1. The summed E-state index contributed by atoms with van der Waals surface area (Å²) >= 11 is 0. The van der Waals surface area contributed by atoms with Gasteiger partial charge in [-0.1, -0.05) is 30.3 Å². The average Bonchev–Trinajstić information content (AvgIpc) is 3.40. The molecule has 0 bridgehead atoms. The van der Waals surface area contributed by atoms with Gasteiger partial charge in [-0.3, -0.25) is 14.9 Å². The molecule has 3 N–H and O–H groups in total. The maximum atomic E-state index is 12.9. The number of benzene rings is 2. The Hall–Kier alpha value is -4.32. The van der Waals surface area contributed by atoms with Crippen molar-refractivity contribution in [2.24, 2.45) is 0 Å². The quantitative estimate of drug-likeness (QED) is 0.193. The summed E-state index contributed by atoms with van der Waals surface area (Å²) in [4.78, 5) is 59.2. The number of alkyl carbamates (subject to hydrolysis) is 1. The Labute approximate surface area is 206 Å². The number of hydrogen-bond donors (Lipinski definition) is 3. The van der Waals surface area contributed by atoms with E-state index in [1.807, 2.05) is 6.07 Å². The number of Topliss-reactive ketones (excluding diaryl/α,β-unsaturated/α-hetero) is 1. The molecule has 0 spiro atoms. The maximum Gasteiger partial charge on any atom is 0.414 e. The van der Waals surface area contributed by atoms with Crippen LogP contribution in [-0.4, -0.2) is 54.0 Å². The molecule has 1 unspecified atom stereocenters. The van der Waals surface area contributed by atoms with E-state index in [1.165, 1.54) is 24.3 Å². The third-order valence-electron chi connectivity index (χ3n) is 5.40. The molecule has 0 aliphatic carbocycles. The Morgan fingerprint density at radius 2 is 1.78 bits per heavy atom. The lowest BCUT2D eigenvalue weighted by atomic mass is 10.0. The van der Waals surface area contributed by atoms with Gasteiger partial charge >= 0.3 is 18.2 Å². The van der Waals surface area contributed by atoms with Crippen molar-refractivity contribution >= 4 is 29.6 Å². The van der Waals surface area contributed by atoms with Crippen LogP contribution in [0.2, 0.25) is 0 Å². The molecule has 0 saturated carbocycles. The first-order valence-corrected chi connectivity index (χ1v) is 11.3. The maximum absolute atomic E-state index is 12.9. The Bertz CT molecular complexity index is 1090. The molecule has 1 saturated heterocycles. The van der Waals surface area contributed by atoms with Crippen LogP contribution in [0.3, 0.4) is 0 Å². The van der Waals surface area contributed by atoms with Crippen molar-refractivity contribution in [3.63, 3.8) is 0 Å². The van der Waals surface area contributed by atoms with E-state index in [0.29, 0.717) is 13.0 Å². The Morgan fingerprint density at radius 3 is 2.42 bits per heavy atom. The van der Waals surface area contributed by atoms with Gasteiger partial charge in [-0.15, -0.1) is 0 Å². The molecular formula is C24H26N4O8. The van der Waals surface area contributed by atoms with Gasteiger partial charge in [-0.25, -0.2) is 14.4 Å². The van der Waals surface area contributed by atoms with Crippen LogP contribution < -0.4 is 20.7 Å². The second-order valence-corrected chi connectivity index (χ2v) is 8.03. The van der Waals surface area contributed by atoms with E-state index in [2.05, 4.69) is 16.0 Å². The molecule has 3 rings (SSSR count). The third-order valence-corrected chi connectivity index (χ3v) is 5.40. The van der Waals surface area contributed by atoms with Crippen LogP contribution >= 0.6 is 0 Å². The van der Waals surface area contributed by atoms with E-state index in [1.54, 1.807) is 24.3 Å². The number of carbonyl (C=O) groups excluding carboxylic acids is 4. The third kappa shape index (κ3) is 8.17. The number of nitrogens with zero attached hydrogens (tertiary/aromatic N) is 1. The van der Waals surface area contributed by atoms with Gasteiger partial charge in [0.25, 0.3) is 5.69 Å². The second-order valence-electron chi connectivity index (χ2n) is 8.03. The van der Waals surface area contributed by atoms with Gasteiger partial charge in [-0.05, 0) is 43.5 Å². The van der Waals surface area contributed by atoms with Crippen LogP contribution in [-0.2, 0) is 20.7 Å². The first kappa shape index (κ1) is 26.3. The van der Waals surface area contributed by atoms with Gasteiger partial charge < -0.3 is 25.4 Å². The number of hydrogen-bond acceptors (Lipinski definition) is 9. The highest BCUT2D eigenvalue weighted by Gasteiger charge is 2.26. The molecule has 1 fully saturated rings. The summed E-state index contributed by atoms with van der Waals surface area (Å²) in [5, 5.41) is 18.6. The second kappa shape index (κ2) is 13.0. The molecular weight excluding hydrogens is 472 g/mol. The molecule has 36 heavy (non-hydrogen) atoms. The van der Waals surface area contributed by atoms with E-state index in [4.69, 9.17) is 9.47 Å². The largest absolute Gasteiger partial charge is 0.414 e. The van der Waals surface area contributed by atoms with Crippen molar-refractivity contribution in [3.8, 4) is 5.75 Å². The normalized spacial score (nSPS) is 15.4. The van der Waals surface area contributed by atoms with Crippen molar-refractivity contribution < 1.29 is 33.6 Å². The van der Waals surface area contributed by atoms with Crippen LogP contribution in [0.4, 0.5) is 15.3 Å². The van der Waals surface area contributed by atoms with Crippen LogP contribution in [0.5, 0.6) is 5.75 Å². The first-order valence-electron chi connectivity index (χ1n) is 11.3. The molecule has 0 aromatic heterocycles. The molecule has 2 aromatic carbocycles. The number of nitro benzene ring substituents is 1. The van der Waals surface area contributed by atoms with Crippen molar-refractivity contribution in [2.45, 2.75) is 37.8 Å². The van der Waals surface area contributed by atoms with Crippen molar-refractivity contribution in [2.75, 3.05) is 13.1 Å². The fourth-order valence-corrected chi connectivity index (χ4v) is 3.56. The van der Waals surface area contributed by atoms with Crippen molar-refractivity contribution in [1.82, 2.24) is 16.0 Å². The summed E-state index contributed by atoms with van der Waals surface area (Å²) in [5.74, 6) is -0.993. The SMILES string of the molecule is O=C(NCCC(=O)C(Cc1ccccc1)NC(=O)Oc1ccc([N+](=O)[O-])cc1)OC(=O)[C@@H]1CCCN1. The fraction of sp³-hybridized carbons (Fsp3) is 0.333. The summed E-state index contributed by atoms with van der Waals surface area (Å²) in [6.45, 7) is 0.575. The zero-order valence-electron chi connectivity index (χ0n) is 19.3. The summed E-state index contributed by atoms with van der Waals surface area (Å²) in [6.07, 6.45) is -0.427. The number of ether oxygens (including phenoxy) is 2. The highest BCUT2D eigenvalue weighted by Crippen LogP contribution is 2.17. The minimum absolute atomic E-state index is 0.0647. The highest BCUT2D eigenvalue weighted by atomic mass is 16.6. The van der Waals surface area contributed by atoms with E-state index in [0.717, 1.165) is 12.0 Å². The number of amides is 2. The fourth-order valence-electron chi connectivity index (χ4n) is 3.56. The molecule has 2 atom stereocenters. The summed E-state index contributed by atoms with van der Waals surface area (Å²) in [7, 11) is 0. The monoisotopic (exact) mass is 498 g/mol. The lowest BCUT2D eigenvalue weighted by Gasteiger charge is -2.18. The minimum Gasteiger partial charge on any atom is -0.410 e.